The fraction of sp³-hybridized carbons (Fsp3) is 0.375. The molecule has 1 N–H and O–H groups in total. The Balaban J connectivity index is 2.27. The van der Waals surface area contributed by atoms with Crippen LogP contribution in [0, 0.1) is 0 Å². The Morgan fingerprint density at radius 3 is 2.48 bits per heavy atom. The SMILES string of the molecule is CCCNc1nc(Cc2ccc(Cl)cc2)nc(CC)c1Br. The molecule has 1 aromatic carbocycles. The molecule has 0 aliphatic carbocycles. The van der Waals surface area contributed by atoms with Crippen molar-refractivity contribution in [1.82, 2.24) is 9.97 Å². The van der Waals surface area contributed by atoms with Gasteiger partial charge in [0.25, 0.3) is 0 Å². The van der Waals surface area contributed by atoms with Gasteiger partial charge in [0.05, 0.1) is 10.2 Å². The predicted octanol–water partition coefficient (Wildman–Crippen LogP) is 4.87. The lowest BCUT2D eigenvalue weighted by atomic mass is 10.1. The maximum Gasteiger partial charge on any atom is 0.144 e. The van der Waals surface area contributed by atoms with Gasteiger partial charge in [-0.05, 0) is 46.5 Å². The van der Waals surface area contributed by atoms with Gasteiger partial charge in [0, 0.05) is 18.0 Å². The van der Waals surface area contributed by atoms with Gasteiger partial charge in [0.2, 0.25) is 0 Å². The molecule has 0 unspecified atom stereocenters. The van der Waals surface area contributed by atoms with Crippen molar-refractivity contribution in [1.29, 1.82) is 0 Å². The first-order chi connectivity index (χ1) is 10.1. The molecular weight excluding hydrogens is 350 g/mol. The maximum atomic E-state index is 5.92. The van der Waals surface area contributed by atoms with Crippen molar-refractivity contribution in [2.75, 3.05) is 11.9 Å². The standard InChI is InChI=1S/C16H19BrClN3/c1-3-9-19-16-15(17)13(4-2)20-14(21-16)10-11-5-7-12(18)8-6-11/h5-8H,3-4,9-10H2,1-2H3,(H,19,20,21). The summed E-state index contributed by atoms with van der Waals surface area (Å²) < 4.78 is 0.971. The Labute approximate surface area is 139 Å². The van der Waals surface area contributed by atoms with E-state index in [0.717, 1.165) is 51.8 Å². The Bertz CT molecular complexity index is 599. The van der Waals surface area contributed by atoms with E-state index in [1.807, 2.05) is 24.3 Å². The van der Waals surface area contributed by atoms with Crippen molar-refractivity contribution in [2.45, 2.75) is 33.1 Å². The van der Waals surface area contributed by atoms with E-state index in [-0.39, 0.29) is 0 Å². The molecule has 0 amide bonds. The summed E-state index contributed by atoms with van der Waals surface area (Å²) in [4.78, 5) is 9.28. The number of nitrogens with one attached hydrogen (secondary N) is 1. The number of benzene rings is 1. The van der Waals surface area contributed by atoms with E-state index in [2.05, 4.69) is 45.1 Å². The number of halogens is 2. The third kappa shape index (κ3) is 4.42. The number of nitrogens with zero attached hydrogens (tertiary/aromatic N) is 2. The molecule has 0 spiro atoms. The lowest BCUT2D eigenvalue weighted by Crippen LogP contribution is -2.09. The van der Waals surface area contributed by atoms with E-state index in [0.29, 0.717) is 6.42 Å². The topological polar surface area (TPSA) is 37.8 Å². The molecule has 0 aliphatic rings. The van der Waals surface area contributed by atoms with Crippen LogP contribution >= 0.6 is 27.5 Å². The van der Waals surface area contributed by atoms with E-state index in [1.54, 1.807) is 0 Å². The highest BCUT2D eigenvalue weighted by Crippen LogP contribution is 2.25. The highest BCUT2D eigenvalue weighted by Gasteiger charge is 2.11. The van der Waals surface area contributed by atoms with Gasteiger partial charge in [0.1, 0.15) is 11.6 Å². The Morgan fingerprint density at radius 1 is 1.14 bits per heavy atom. The molecule has 5 heteroatoms. The van der Waals surface area contributed by atoms with Crippen LogP contribution in [-0.4, -0.2) is 16.5 Å². The fourth-order valence-electron chi connectivity index (χ4n) is 2.00. The van der Waals surface area contributed by atoms with Gasteiger partial charge in [-0.2, -0.15) is 0 Å². The first-order valence-electron chi connectivity index (χ1n) is 7.17. The summed E-state index contributed by atoms with van der Waals surface area (Å²) in [6, 6.07) is 7.82. The summed E-state index contributed by atoms with van der Waals surface area (Å²) in [5.74, 6) is 1.71. The summed E-state index contributed by atoms with van der Waals surface area (Å²) in [6.07, 6.45) is 2.64. The van der Waals surface area contributed by atoms with Crippen LogP contribution in [0.1, 0.15) is 37.4 Å². The highest BCUT2D eigenvalue weighted by atomic mass is 79.9. The Hall–Kier alpha value is -1.13. The smallest absolute Gasteiger partial charge is 0.144 e. The normalized spacial score (nSPS) is 10.7. The van der Waals surface area contributed by atoms with Gasteiger partial charge in [-0.1, -0.05) is 37.6 Å². The van der Waals surface area contributed by atoms with Crippen LogP contribution in [0.4, 0.5) is 5.82 Å². The first-order valence-corrected chi connectivity index (χ1v) is 8.34. The van der Waals surface area contributed by atoms with Crippen molar-refractivity contribution < 1.29 is 0 Å². The summed E-state index contributed by atoms with van der Waals surface area (Å²) in [5, 5.41) is 4.10. The lowest BCUT2D eigenvalue weighted by Gasteiger charge is -2.12. The summed E-state index contributed by atoms with van der Waals surface area (Å²) in [6.45, 7) is 5.14. The monoisotopic (exact) mass is 367 g/mol. The second-order valence-corrected chi connectivity index (χ2v) is 6.06. The zero-order chi connectivity index (χ0) is 15.2. The molecule has 2 rings (SSSR count). The van der Waals surface area contributed by atoms with Crippen LogP contribution in [-0.2, 0) is 12.8 Å². The summed E-state index contributed by atoms with van der Waals surface area (Å²) >= 11 is 9.51. The van der Waals surface area contributed by atoms with Crippen LogP contribution in [0.25, 0.3) is 0 Å². The lowest BCUT2D eigenvalue weighted by molar-refractivity contribution is 0.883. The van der Waals surface area contributed by atoms with Crippen molar-refractivity contribution in [2.24, 2.45) is 0 Å². The predicted molar refractivity (Wildman–Crippen MR) is 92.1 cm³/mol. The molecule has 0 bridgehead atoms. The zero-order valence-corrected chi connectivity index (χ0v) is 14.6. The maximum absolute atomic E-state index is 5.92. The number of aryl methyl sites for hydroxylation is 1. The molecule has 0 aliphatic heterocycles. The van der Waals surface area contributed by atoms with Gasteiger partial charge in [-0.15, -0.1) is 0 Å². The molecule has 1 heterocycles. The van der Waals surface area contributed by atoms with Crippen LogP contribution in [0.3, 0.4) is 0 Å². The molecule has 3 nitrogen and oxygen atoms in total. The Morgan fingerprint density at radius 2 is 1.86 bits per heavy atom. The minimum Gasteiger partial charge on any atom is -0.369 e. The molecule has 21 heavy (non-hydrogen) atoms. The molecular formula is C16H19BrClN3. The van der Waals surface area contributed by atoms with E-state index in [9.17, 15) is 0 Å². The van der Waals surface area contributed by atoms with Crippen LogP contribution < -0.4 is 5.32 Å². The molecule has 2 aromatic rings. The molecule has 0 radical (unpaired) electrons. The molecule has 0 saturated carbocycles. The van der Waals surface area contributed by atoms with Gasteiger partial charge in [-0.25, -0.2) is 9.97 Å². The van der Waals surface area contributed by atoms with Crippen LogP contribution in [0.15, 0.2) is 28.7 Å². The molecule has 0 atom stereocenters. The van der Waals surface area contributed by atoms with Crippen LogP contribution in [0.2, 0.25) is 5.02 Å². The molecule has 0 saturated heterocycles. The van der Waals surface area contributed by atoms with Gasteiger partial charge >= 0.3 is 0 Å². The van der Waals surface area contributed by atoms with Crippen LogP contribution in [0.5, 0.6) is 0 Å². The average Bonchev–Trinajstić information content (AvgIpc) is 2.49. The minimum atomic E-state index is 0.707. The average molecular weight is 369 g/mol. The number of hydrogen-bond acceptors (Lipinski definition) is 3. The largest absolute Gasteiger partial charge is 0.369 e. The molecule has 0 fully saturated rings. The number of hydrogen-bond donors (Lipinski definition) is 1. The van der Waals surface area contributed by atoms with Gasteiger partial charge in [-0.3, -0.25) is 0 Å². The second kappa shape index (κ2) is 7.76. The van der Waals surface area contributed by atoms with E-state index >= 15 is 0 Å². The van der Waals surface area contributed by atoms with E-state index in [4.69, 9.17) is 11.6 Å². The summed E-state index contributed by atoms with van der Waals surface area (Å²) in [7, 11) is 0. The summed E-state index contributed by atoms with van der Waals surface area (Å²) in [5.41, 5.74) is 2.19. The number of aromatic nitrogens is 2. The molecule has 1 aromatic heterocycles. The van der Waals surface area contributed by atoms with Crippen molar-refractivity contribution in [3.8, 4) is 0 Å². The first kappa shape index (κ1) is 16.2. The molecule has 112 valence electrons. The van der Waals surface area contributed by atoms with Crippen molar-refractivity contribution in [3.05, 3.63) is 50.8 Å². The quantitative estimate of drug-likeness (QED) is 0.790. The van der Waals surface area contributed by atoms with E-state index in [1.165, 1.54) is 0 Å². The fourth-order valence-corrected chi connectivity index (χ4v) is 2.73. The van der Waals surface area contributed by atoms with Crippen molar-refractivity contribution >= 4 is 33.3 Å². The highest BCUT2D eigenvalue weighted by molar-refractivity contribution is 9.10. The van der Waals surface area contributed by atoms with Crippen molar-refractivity contribution in [3.63, 3.8) is 0 Å². The van der Waals surface area contributed by atoms with Gasteiger partial charge in [0.15, 0.2) is 0 Å². The minimum absolute atomic E-state index is 0.707. The number of rotatable bonds is 6. The third-order valence-electron chi connectivity index (χ3n) is 3.12. The zero-order valence-electron chi connectivity index (χ0n) is 12.3. The van der Waals surface area contributed by atoms with Gasteiger partial charge < -0.3 is 5.32 Å². The van der Waals surface area contributed by atoms with E-state index < -0.39 is 0 Å². The third-order valence-corrected chi connectivity index (χ3v) is 4.20. The second-order valence-electron chi connectivity index (χ2n) is 4.83. The number of anilines is 1. The Kier molecular flexibility index (Phi) is 6.00.